The molecule has 0 aliphatic carbocycles. The van der Waals surface area contributed by atoms with Crippen LogP contribution in [-0.4, -0.2) is 63.7 Å². The second kappa shape index (κ2) is 8.30. The van der Waals surface area contributed by atoms with E-state index in [1.807, 2.05) is 77.0 Å². The van der Waals surface area contributed by atoms with Crippen LogP contribution in [0.3, 0.4) is 0 Å². The maximum absolute atomic E-state index is 13.2. The Kier molecular flexibility index (Phi) is 5.18. The number of pyridine rings is 1. The van der Waals surface area contributed by atoms with Crippen LogP contribution >= 0.6 is 0 Å². The average Bonchev–Trinajstić information content (AvgIpc) is 3.19. The highest BCUT2D eigenvalue weighted by atomic mass is 16.5. The third-order valence-electron chi connectivity index (χ3n) is 5.83. The minimum Gasteiger partial charge on any atom is -0.497 e. The number of aryl methyl sites for hydroxylation is 1. The highest BCUT2D eigenvalue weighted by molar-refractivity contribution is 5.94. The van der Waals surface area contributed by atoms with E-state index in [9.17, 15) is 4.79 Å². The Hall–Kier alpha value is -3.94. The Morgan fingerprint density at radius 2 is 1.72 bits per heavy atom. The molecule has 8 heteroatoms. The van der Waals surface area contributed by atoms with E-state index >= 15 is 0 Å². The number of fused-ring (bicyclic) bond motifs is 1. The summed E-state index contributed by atoms with van der Waals surface area (Å²) < 4.78 is 7.07. The van der Waals surface area contributed by atoms with Gasteiger partial charge in [-0.15, -0.1) is 10.2 Å². The summed E-state index contributed by atoms with van der Waals surface area (Å²) in [5.41, 5.74) is 3.98. The largest absolute Gasteiger partial charge is 0.497 e. The van der Waals surface area contributed by atoms with Gasteiger partial charge in [0, 0.05) is 37.9 Å². The van der Waals surface area contributed by atoms with Crippen LogP contribution in [0.4, 0.5) is 5.82 Å². The van der Waals surface area contributed by atoms with Gasteiger partial charge in [0.1, 0.15) is 17.1 Å². The predicted molar refractivity (Wildman–Crippen MR) is 122 cm³/mol. The van der Waals surface area contributed by atoms with Crippen molar-refractivity contribution < 1.29 is 9.53 Å². The number of imidazole rings is 1. The van der Waals surface area contributed by atoms with Crippen molar-refractivity contribution in [2.75, 3.05) is 38.2 Å². The first-order valence-electron chi connectivity index (χ1n) is 10.6. The van der Waals surface area contributed by atoms with Gasteiger partial charge in [0.15, 0.2) is 5.82 Å². The number of nitrogens with zero attached hydrogens (tertiary/aromatic N) is 6. The van der Waals surface area contributed by atoms with Crippen LogP contribution in [0.25, 0.3) is 16.9 Å². The number of methoxy groups -OCH3 is 1. The molecule has 32 heavy (non-hydrogen) atoms. The molecular formula is C24H24N6O2. The second-order valence-electron chi connectivity index (χ2n) is 7.76. The second-order valence-corrected chi connectivity index (χ2v) is 7.76. The van der Waals surface area contributed by atoms with Gasteiger partial charge in [-0.2, -0.15) is 0 Å². The standard InChI is InChI=1S/C24H24N6O2/c1-17-23(30-12-4-3-5-21(30)25-17)24(31)29-15-13-28(14-16-29)22-11-10-20(26-27-22)18-6-8-19(32-2)9-7-18/h3-12H,13-16H2,1-2H3. The molecule has 1 aliphatic rings. The molecule has 1 aromatic carbocycles. The Bertz CT molecular complexity index is 1240. The Morgan fingerprint density at radius 3 is 2.41 bits per heavy atom. The van der Waals surface area contributed by atoms with E-state index in [4.69, 9.17) is 4.74 Å². The van der Waals surface area contributed by atoms with Gasteiger partial charge in [0.2, 0.25) is 0 Å². The Morgan fingerprint density at radius 1 is 0.938 bits per heavy atom. The van der Waals surface area contributed by atoms with Crippen molar-refractivity contribution in [2.45, 2.75) is 6.92 Å². The van der Waals surface area contributed by atoms with E-state index in [1.165, 1.54) is 0 Å². The molecule has 0 spiro atoms. The molecule has 4 aromatic rings. The summed E-state index contributed by atoms with van der Waals surface area (Å²) in [5, 5.41) is 8.82. The van der Waals surface area contributed by atoms with Gasteiger partial charge in [-0.25, -0.2) is 4.98 Å². The summed E-state index contributed by atoms with van der Waals surface area (Å²) >= 11 is 0. The van der Waals surface area contributed by atoms with Gasteiger partial charge < -0.3 is 14.5 Å². The highest BCUT2D eigenvalue weighted by Crippen LogP contribution is 2.22. The van der Waals surface area contributed by atoms with Crippen LogP contribution < -0.4 is 9.64 Å². The number of hydrogen-bond donors (Lipinski definition) is 0. The molecule has 0 unspecified atom stereocenters. The van der Waals surface area contributed by atoms with Crippen molar-refractivity contribution in [3.05, 3.63) is 72.2 Å². The van der Waals surface area contributed by atoms with E-state index < -0.39 is 0 Å². The zero-order valence-electron chi connectivity index (χ0n) is 18.1. The number of carbonyl (C=O) groups is 1. The van der Waals surface area contributed by atoms with Crippen LogP contribution in [0.2, 0.25) is 0 Å². The number of piperazine rings is 1. The predicted octanol–water partition coefficient (Wildman–Crippen LogP) is 3.07. The lowest BCUT2D eigenvalue weighted by molar-refractivity contribution is 0.0738. The third kappa shape index (κ3) is 3.64. The van der Waals surface area contributed by atoms with Crippen molar-refractivity contribution in [3.8, 4) is 17.0 Å². The number of amides is 1. The van der Waals surface area contributed by atoms with Gasteiger partial charge in [-0.3, -0.25) is 9.20 Å². The first kappa shape index (κ1) is 20.0. The van der Waals surface area contributed by atoms with Gasteiger partial charge in [-0.05, 0) is 55.5 Å². The number of rotatable bonds is 4. The van der Waals surface area contributed by atoms with Crippen LogP contribution in [0.1, 0.15) is 16.2 Å². The van der Waals surface area contributed by atoms with E-state index in [0.29, 0.717) is 31.9 Å². The number of benzene rings is 1. The van der Waals surface area contributed by atoms with Crippen LogP contribution in [0.15, 0.2) is 60.8 Å². The van der Waals surface area contributed by atoms with Crippen LogP contribution in [0.5, 0.6) is 5.75 Å². The molecule has 1 fully saturated rings. The molecule has 0 bridgehead atoms. The fourth-order valence-corrected chi connectivity index (χ4v) is 4.07. The number of hydrogen-bond acceptors (Lipinski definition) is 6. The smallest absolute Gasteiger partial charge is 0.272 e. The molecule has 4 heterocycles. The highest BCUT2D eigenvalue weighted by Gasteiger charge is 2.26. The fourth-order valence-electron chi connectivity index (χ4n) is 4.07. The summed E-state index contributed by atoms with van der Waals surface area (Å²) in [5.74, 6) is 1.65. The summed E-state index contributed by atoms with van der Waals surface area (Å²) in [6.45, 7) is 4.55. The summed E-state index contributed by atoms with van der Waals surface area (Å²) in [6.07, 6.45) is 1.89. The molecule has 3 aromatic heterocycles. The normalized spacial score (nSPS) is 14.1. The van der Waals surface area contributed by atoms with E-state index in [1.54, 1.807) is 7.11 Å². The minimum absolute atomic E-state index is 0.0155. The molecule has 8 nitrogen and oxygen atoms in total. The summed E-state index contributed by atoms with van der Waals surface area (Å²) in [7, 11) is 1.65. The molecular weight excluding hydrogens is 404 g/mol. The van der Waals surface area contributed by atoms with Gasteiger partial charge in [0.25, 0.3) is 5.91 Å². The number of ether oxygens (including phenoxy) is 1. The third-order valence-corrected chi connectivity index (χ3v) is 5.83. The van der Waals surface area contributed by atoms with Gasteiger partial charge >= 0.3 is 0 Å². The monoisotopic (exact) mass is 428 g/mol. The zero-order valence-corrected chi connectivity index (χ0v) is 18.1. The molecule has 0 radical (unpaired) electrons. The average molecular weight is 428 g/mol. The van der Waals surface area contributed by atoms with Crippen molar-refractivity contribution in [3.63, 3.8) is 0 Å². The van der Waals surface area contributed by atoms with Crippen molar-refractivity contribution >= 4 is 17.4 Å². The fraction of sp³-hybridized carbons (Fsp3) is 0.250. The first-order chi connectivity index (χ1) is 15.6. The quantitative estimate of drug-likeness (QED) is 0.497. The lowest BCUT2D eigenvalue weighted by atomic mass is 10.1. The molecule has 1 saturated heterocycles. The maximum atomic E-state index is 13.2. The van der Waals surface area contributed by atoms with Crippen LogP contribution in [-0.2, 0) is 0 Å². The summed E-state index contributed by atoms with van der Waals surface area (Å²) in [4.78, 5) is 21.8. The van der Waals surface area contributed by atoms with Crippen molar-refractivity contribution in [2.24, 2.45) is 0 Å². The Labute approximate surface area is 186 Å². The topological polar surface area (TPSA) is 75.9 Å². The number of aromatic nitrogens is 4. The lowest BCUT2D eigenvalue weighted by Crippen LogP contribution is -2.49. The van der Waals surface area contributed by atoms with Crippen molar-refractivity contribution in [1.29, 1.82) is 0 Å². The van der Waals surface area contributed by atoms with E-state index in [0.717, 1.165) is 34.2 Å². The molecule has 1 aliphatic heterocycles. The SMILES string of the molecule is COc1ccc(-c2ccc(N3CCN(C(=O)c4c(C)nc5ccccn45)CC3)nn2)cc1. The summed E-state index contributed by atoms with van der Waals surface area (Å²) in [6, 6.07) is 17.5. The maximum Gasteiger partial charge on any atom is 0.272 e. The zero-order chi connectivity index (χ0) is 22.1. The number of carbonyl (C=O) groups excluding carboxylic acids is 1. The molecule has 162 valence electrons. The first-order valence-corrected chi connectivity index (χ1v) is 10.6. The van der Waals surface area contributed by atoms with E-state index in [2.05, 4.69) is 20.1 Å². The molecule has 0 N–H and O–H groups in total. The molecule has 1 amide bonds. The molecule has 5 rings (SSSR count). The van der Waals surface area contributed by atoms with Gasteiger partial charge in [0.05, 0.1) is 18.5 Å². The van der Waals surface area contributed by atoms with Crippen molar-refractivity contribution in [1.82, 2.24) is 24.5 Å². The lowest BCUT2D eigenvalue weighted by Gasteiger charge is -2.35. The minimum atomic E-state index is 0.0155. The molecule has 0 atom stereocenters. The van der Waals surface area contributed by atoms with Crippen LogP contribution in [0, 0.1) is 6.92 Å². The Balaban J connectivity index is 1.26. The molecule has 0 saturated carbocycles. The number of anilines is 1. The van der Waals surface area contributed by atoms with Gasteiger partial charge in [-0.1, -0.05) is 6.07 Å². The van der Waals surface area contributed by atoms with E-state index in [-0.39, 0.29) is 5.91 Å².